The molecule has 1 aromatic rings. The summed E-state index contributed by atoms with van der Waals surface area (Å²) in [5.74, 6) is 0. The van der Waals surface area contributed by atoms with Gasteiger partial charge in [-0.1, -0.05) is 23.2 Å². The van der Waals surface area contributed by atoms with Crippen molar-refractivity contribution in [3.63, 3.8) is 0 Å². The van der Waals surface area contributed by atoms with Gasteiger partial charge in [-0.2, -0.15) is 5.26 Å². The number of aromatic nitrogens is 1. The van der Waals surface area contributed by atoms with Crippen LogP contribution in [0.4, 0.5) is 0 Å². The van der Waals surface area contributed by atoms with Gasteiger partial charge in [0, 0.05) is 12.3 Å². The van der Waals surface area contributed by atoms with Crippen LogP contribution in [0.25, 0.3) is 6.08 Å². The van der Waals surface area contributed by atoms with E-state index < -0.39 is 0 Å². The smallest absolute Gasteiger partial charge is 0.148 e. The Kier molecular flexibility index (Phi) is 3.09. The monoisotopic (exact) mass is 198 g/mol. The first-order valence-electron chi connectivity index (χ1n) is 3.12. The van der Waals surface area contributed by atoms with Crippen LogP contribution in [0.1, 0.15) is 5.56 Å². The Morgan fingerprint density at radius 1 is 1.50 bits per heavy atom. The number of halogens is 2. The van der Waals surface area contributed by atoms with Gasteiger partial charge >= 0.3 is 0 Å². The Hall–Kier alpha value is -1.04. The van der Waals surface area contributed by atoms with E-state index in [0.29, 0.717) is 10.6 Å². The van der Waals surface area contributed by atoms with E-state index >= 15 is 0 Å². The van der Waals surface area contributed by atoms with Crippen molar-refractivity contribution in [1.82, 2.24) is 4.98 Å². The standard InChI is InChI=1S/C8H4Cl2N2/c9-7-6(2-1-4-11)3-5-12-8(7)10/h1-3,5H. The van der Waals surface area contributed by atoms with Crippen LogP contribution in [-0.4, -0.2) is 4.98 Å². The highest BCUT2D eigenvalue weighted by Gasteiger charge is 2.01. The third kappa shape index (κ3) is 1.97. The van der Waals surface area contributed by atoms with Gasteiger partial charge in [-0.3, -0.25) is 0 Å². The zero-order valence-corrected chi connectivity index (χ0v) is 7.47. The lowest BCUT2D eigenvalue weighted by Crippen LogP contribution is -1.79. The Morgan fingerprint density at radius 3 is 2.92 bits per heavy atom. The van der Waals surface area contributed by atoms with Gasteiger partial charge in [0.15, 0.2) is 0 Å². The van der Waals surface area contributed by atoms with Gasteiger partial charge in [0.05, 0.1) is 11.1 Å². The second kappa shape index (κ2) is 4.10. The maximum atomic E-state index is 8.26. The lowest BCUT2D eigenvalue weighted by atomic mass is 10.2. The van der Waals surface area contributed by atoms with E-state index in [-0.39, 0.29) is 5.15 Å². The molecule has 2 nitrogen and oxygen atoms in total. The van der Waals surface area contributed by atoms with Crippen molar-refractivity contribution >= 4 is 29.3 Å². The molecule has 4 heteroatoms. The molecule has 12 heavy (non-hydrogen) atoms. The summed E-state index contributed by atoms with van der Waals surface area (Å²) in [5, 5.41) is 8.87. The van der Waals surface area contributed by atoms with Crippen LogP contribution in [0.15, 0.2) is 18.3 Å². The van der Waals surface area contributed by atoms with E-state index in [0.717, 1.165) is 0 Å². The minimum absolute atomic E-state index is 0.247. The first-order valence-corrected chi connectivity index (χ1v) is 3.87. The van der Waals surface area contributed by atoms with E-state index in [1.54, 1.807) is 12.1 Å². The number of nitrogens with zero attached hydrogens (tertiary/aromatic N) is 2. The van der Waals surface area contributed by atoms with E-state index in [4.69, 9.17) is 28.5 Å². The predicted molar refractivity (Wildman–Crippen MR) is 48.9 cm³/mol. The summed E-state index contributed by atoms with van der Waals surface area (Å²) >= 11 is 11.4. The molecule has 1 rings (SSSR count). The molecule has 0 unspecified atom stereocenters. The molecule has 0 amide bonds. The molecule has 0 atom stereocenters. The molecule has 60 valence electrons. The molecule has 1 heterocycles. The average Bonchev–Trinajstić information content (AvgIpc) is 2.08. The fraction of sp³-hybridized carbons (Fsp3) is 0. The summed E-state index contributed by atoms with van der Waals surface area (Å²) in [5.41, 5.74) is 0.693. The normalized spacial score (nSPS) is 10.1. The number of hydrogen-bond acceptors (Lipinski definition) is 2. The molecule has 0 N–H and O–H groups in total. The number of allylic oxidation sites excluding steroid dienone is 1. The molecule has 0 fully saturated rings. The predicted octanol–water partition coefficient (Wildman–Crippen LogP) is 2.93. The summed E-state index contributed by atoms with van der Waals surface area (Å²) in [6, 6.07) is 3.54. The quantitative estimate of drug-likeness (QED) is 0.514. The van der Waals surface area contributed by atoms with Crippen LogP contribution in [-0.2, 0) is 0 Å². The Balaban J connectivity index is 3.10. The van der Waals surface area contributed by atoms with Crippen LogP contribution in [0.3, 0.4) is 0 Å². The topological polar surface area (TPSA) is 36.7 Å². The van der Waals surface area contributed by atoms with Gasteiger partial charge in [0.25, 0.3) is 0 Å². The van der Waals surface area contributed by atoms with Crippen molar-refractivity contribution in [2.75, 3.05) is 0 Å². The van der Waals surface area contributed by atoms with Crippen LogP contribution < -0.4 is 0 Å². The second-order valence-electron chi connectivity index (χ2n) is 1.97. The third-order valence-corrected chi connectivity index (χ3v) is 1.99. The van der Waals surface area contributed by atoms with Gasteiger partial charge in [0.2, 0.25) is 0 Å². The van der Waals surface area contributed by atoms with E-state index in [2.05, 4.69) is 4.98 Å². The summed E-state index contributed by atoms with van der Waals surface area (Å²) in [6.07, 6.45) is 4.44. The molecule has 0 saturated carbocycles. The third-order valence-electron chi connectivity index (χ3n) is 1.21. The Bertz CT molecular complexity index is 353. The van der Waals surface area contributed by atoms with Crippen molar-refractivity contribution in [2.45, 2.75) is 0 Å². The fourth-order valence-electron chi connectivity index (χ4n) is 0.688. The maximum Gasteiger partial charge on any atom is 0.148 e. The summed E-state index contributed by atoms with van der Waals surface area (Å²) in [6.45, 7) is 0. The molecule has 0 spiro atoms. The van der Waals surface area contributed by atoms with E-state index in [1.807, 2.05) is 6.07 Å². The van der Waals surface area contributed by atoms with Crippen molar-refractivity contribution in [3.05, 3.63) is 34.1 Å². The number of nitriles is 1. The highest BCUT2D eigenvalue weighted by atomic mass is 35.5. The van der Waals surface area contributed by atoms with Crippen LogP contribution in [0.5, 0.6) is 0 Å². The van der Waals surface area contributed by atoms with E-state index in [9.17, 15) is 0 Å². The zero-order chi connectivity index (χ0) is 8.97. The molecule has 0 aliphatic rings. The molecular weight excluding hydrogens is 195 g/mol. The second-order valence-corrected chi connectivity index (χ2v) is 2.70. The largest absolute Gasteiger partial charge is 0.243 e. The van der Waals surface area contributed by atoms with Gasteiger partial charge in [0.1, 0.15) is 5.15 Å². The number of rotatable bonds is 1. The summed E-state index contributed by atoms with van der Waals surface area (Å²) in [4.78, 5) is 3.76. The summed E-state index contributed by atoms with van der Waals surface area (Å²) < 4.78 is 0. The van der Waals surface area contributed by atoms with Crippen LogP contribution >= 0.6 is 23.2 Å². The fourth-order valence-corrected chi connectivity index (χ4v) is 1.03. The molecular formula is C8H4Cl2N2. The lowest BCUT2D eigenvalue weighted by Gasteiger charge is -1.97. The van der Waals surface area contributed by atoms with Crippen molar-refractivity contribution in [1.29, 1.82) is 5.26 Å². The Morgan fingerprint density at radius 2 is 2.25 bits per heavy atom. The molecule has 0 aliphatic heterocycles. The van der Waals surface area contributed by atoms with Gasteiger partial charge in [-0.05, 0) is 17.7 Å². The molecule has 0 saturated heterocycles. The van der Waals surface area contributed by atoms with Crippen molar-refractivity contribution in [2.24, 2.45) is 0 Å². The minimum atomic E-state index is 0.247. The highest BCUT2D eigenvalue weighted by molar-refractivity contribution is 6.42. The number of hydrogen-bond donors (Lipinski definition) is 0. The highest BCUT2D eigenvalue weighted by Crippen LogP contribution is 2.23. The molecule has 0 aromatic carbocycles. The van der Waals surface area contributed by atoms with Gasteiger partial charge in [-0.15, -0.1) is 0 Å². The molecule has 0 aliphatic carbocycles. The van der Waals surface area contributed by atoms with Gasteiger partial charge < -0.3 is 0 Å². The van der Waals surface area contributed by atoms with Crippen molar-refractivity contribution in [3.8, 4) is 6.07 Å². The first-order chi connectivity index (χ1) is 5.75. The van der Waals surface area contributed by atoms with Crippen LogP contribution in [0, 0.1) is 11.3 Å². The van der Waals surface area contributed by atoms with Gasteiger partial charge in [-0.25, -0.2) is 4.98 Å². The first kappa shape index (κ1) is 9.05. The SMILES string of the molecule is N#CC=Cc1ccnc(Cl)c1Cl. The maximum absolute atomic E-state index is 8.26. The van der Waals surface area contributed by atoms with E-state index in [1.165, 1.54) is 12.3 Å². The zero-order valence-electron chi connectivity index (χ0n) is 5.96. The number of pyridine rings is 1. The molecule has 0 radical (unpaired) electrons. The Labute approximate surface area is 80.1 Å². The summed E-state index contributed by atoms with van der Waals surface area (Å²) in [7, 11) is 0. The average molecular weight is 199 g/mol. The molecule has 0 bridgehead atoms. The lowest BCUT2D eigenvalue weighted by molar-refractivity contribution is 1.32. The van der Waals surface area contributed by atoms with Crippen LogP contribution in [0.2, 0.25) is 10.2 Å². The van der Waals surface area contributed by atoms with Crippen molar-refractivity contribution < 1.29 is 0 Å². The molecule has 1 aromatic heterocycles. The minimum Gasteiger partial charge on any atom is -0.243 e.